The molecule has 0 aromatic heterocycles. The molecule has 0 heterocycles. The van der Waals surface area contributed by atoms with Crippen LogP contribution < -0.4 is 5.32 Å². The zero-order valence-electron chi connectivity index (χ0n) is 11.0. The van der Waals surface area contributed by atoms with E-state index >= 15 is 0 Å². The van der Waals surface area contributed by atoms with Crippen molar-refractivity contribution in [3.63, 3.8) is 0 Å². The lowest BCUT2D eigenvalue weighted by Crippen LogP contribution is -2.01. The topological polar surface area (TPSA) is 12.0 Å². The normalized spacial score (nSPS) is 10.4. The maximum absolute atomic E-state index is 3.55. The molecule has 0 bridgehead atoms. The monoisotopic (exact) mass is 303 g/mol. The Hall–Kier alpha value is -1.28. The van der Waals surface area contributed by atoms with Crippen LogP contribution in [0.4, 0.5) is 5.69 Å². The summed E-state index contributed by atoms with van der Waals surface area (Å²) in [7, 11) is 0. The van der Waals surface area contributed by atoms with Crippen molar-refractivity contribution in [2.75, 3.05) is 5.32 Å². The summed E-state index contributed by atoms with van der Waals surface area (Å²) in [4.78, 5) is 0. The number of hydrogen-bond donors (Lipinski definition) is 1. The molecule has 0 aliphatic heterocycles. The SMILES string of the molecule is Cc1ccc(CNc2cccc(Br)c2C)cc1C. The average Bonchev–Trinajstić information content (AvgIpc) is 2.35. The van der Waals surface area contributed by atoms with Crippen molar-refractivity contribution in [2.24, 2.45) is 0 Å². The molecule has 0 aliphatic carbocycles. The summed E-state index contributed by atoms with van der Waals surface area (Å²) in [6, 6.07) is 12.8. The Morgan fingerprint density at radius 3 is 2.50 bits per heavy atom. The van der Waals surface area contributed by atoms with Crippen molar-refractivity contribution >= 4 is 21.6 Å². The third-order valence-corrected chi connectivity index (χ3v) is 4.18. The average molecular weight is 304 g/mol. The maximum atomic E-state index is 3.55. The first-order valence-electron chi connectivity index (χ1n) is 6.13. The van der Waals surface area contributed by atoms with E-state index in [0.717, 1.165) is 11.0 Å². The van der Waals surface area contributed by atoms with Crippen molar-refractivity contribution in [2.45, 2.75) is 27.3 Å². The highest BCUT2D eigenvalue weighted by Crippen LogP contribution is 2.24. The Balaban J connectivity index is 2.11. The Morgan fingerprint density at radius 1 is 1.00 bits per heavy atom. The molecule has 18 heavy (non-hydrogen) atoms. The quantitative estimate of drug-likeness (QED) is 0.842. The van der Waals surface area contributed by atoms with Gasteiger partial charge in [0.1, 0.15) is 0 Å². The largest absolute Gasteiger partial charge is 0.381 e. The predicted octanol–water partition coefficient (Wildman–Crippen LogP) is 4.99. The molecule has 2 aromatic carbocycles. The van der Waals surface area contributed by atoms with Crippen LogP contribution in [0.3, 0.4) is 0 Å². The molecule has 2 rings (SSSR count). The van der Waals surface area contributed by atoms with Crippen LogP contribution in [-0.4, -0.2) is 0 Å². The van der Waals surface area contributed by atoms with Crippen molar-refractivity contribution in [1.82, 2.24) is 0 Å². The van der Waals surface area contributed by atoms with Gasteiger partial charge >= 0.3 is 0 Å². The number of nitrogens with one attached hydrogen (secondary N) is 1. The van der Waals surface area contributed by atoms with Gasteiger partial charge in [-0.15, -0.1) is 0 Å². The standard InChI is InChI=1S/C16H18BrN/c1-11-7-8-14(9-12(11)2)10-18-16-6-4-5-15(17)13(16)3/h4-9,18H,10H2,1-3H3. The van der Waals surface area contributed by atoms with Gasteiger partial charge in [-0.05, 0) is 55.2 Å². The van der Waals surface area contributed by atoms with Crippen molar-refractivity contribution in [3.8, 4) is 0 Å². The first-order chi connectivity index (χ1) is 8.58. The highest BCUT2D eigenvalue weighted by atomic mass is 79.9. The lowest BCUT2D eigenvalue weighted by Gasteiger charge is -2.11. The highest BCUT2D eigenvalue weighted by molar-refractivity contribution is 9.10. The lowest BCUT2D eigenvalue weighted by molar-refractivity contribution is 1.12. The molecule has 0 fully saturated rings. The second kappa shape index (κ2) is 5.57. The fourth-order valence-corrected chi connectivity index (χ4v) is 2.28. The molecule has 2 heteroatoms. The van der Waals surface area contributed by atoms with Crippen LogP contribution >= 0.6 is 15.9 Å². The van der Waals surface area contributed by atoms with E-state index in [0.29, 0.717) is 0 Å². The van der Waals surface area contributed by atoms with Gasteiger partial charge in [0.25, 0.3) is 0 Å². The van der Waals surface area contributed by atoms with Gasteiger partial charge in [-0.2, -0.15) is 0 Å². The highest BCUT2D eigenvalue weighted by Gasteiger charge is 2.02. The Bertz CT molecular complexity index is 561. The predicted molar refractivity (Wildman–Crippen MR) is 82.1 cm³/mol. The van der Waals surface area contributed by atoms with Crippen LogP contribution in [0.15, 0.2) is 40.9 Å². The molecule has 0 spiro atoms. The summed E-state index contributed by atoms with van der Waals surface area (Å²) >= 11 is 3.55. The van der Waals surface area contributed by atoms with Crippen molar-refractivity contribution < 1.29 is 0 Å². The van der Waals surface area contributed by atoms with Crippen molar-refractivity contribution in [3.05, 3.63) is 63.1 Å². The molecule has 0 radical (unpaired) electrons. The van der Waals surface area contributed by atoms with Gasteiger partial charge in [0.2, 0.25) is 0 Å². The molecule has 0 aliphatic rings. The zero-order valence-corrected chi connectivity index (χ0v) is 12.6. The van der Waals surface area contributed by atoms with E-state index in [-0.39, 0.29) is 0 Å². The molecule has 0 atom stereocenters. The minimum atomic E-state index is 0.860. The number of rotatable bonds is 3. The van der Waals surface area contributed by atoms with Gasteiger partial charge in [-0.3, -0.25) is 0 Å². The zero-order chi connectivity index (χ0) is 13.1. The Morgan fingerprint density at radius 2 is 1.78 bits per heavy atom. The van der Waals surface area contributed by atoms with Gasteiger partial charge in [-0.25, -0.2) is 0 Å². The number of benzene rings is 2. The first kappa shape index (κ1) is 13.2. The van der Waals surface area contributed by atoms with Crippen LogP contribution in [0.1, 0.15) is 22.3 Å². The van der Waals surface area contributed by atoms with E-state index in [1.165, 1.54) is 27.9 Å². The van der Waals surface area contributed by atoms with Gasteiger partial charge in [0.05, 0.1) is 0 Å². The third-order valence-electron chi connectivity index (χ3n) is 3.32. The Kier molecular flexibility index (Phi) is 4.07. The third kappa shape index (κ3) is 2.94. The lowest BCUT2D eigenvalue weighted by atomic mass is 10.1. The Labute approximate surface area is 117 Å². The van der Waals surface area contributed by atoms with Crippen molar-refractivity contribution in [1.29, 1.82) is 0 Å². The molecule has 94 valence electrons. The van der Waals surface area contributed by atoms with Gasteiger partial charge in [-0.1, -0.05) is 40.2 Å². The maximum Gasteiger partial charge on any atom is 0.0400 e. The van der Waals surface area contributed by atoms with Gasteiger partial charge < -0.3 is 5.32 Å². The molecule has 1 nitrogen and oxygen atoms in total. The van der Waals surface area contributed by atoms with Gasteiger partial charge in [0, 0.05) is 16.7 Å². The molecule has 0 unspecified atom stereocenters. The van der Waals surface area contributed by atoms with Crippen LogP contribution in [0.2, 0.25) is 0 Å². The van der Waals surface area contributed by atoms with Crippen LogP contribution in [0.25, 0.3) is 0 Å². The number of hydrogen-bond acceptors (Lipinski definition) is 1. The van der Waals surface area contributed by atoms with E-state index in [1.54, 1.807) is 0 Å². The fourth-order valence-electron chi connectivity index (χ4n) is 1.91. The summed E-state index contributed by atoms with van der Waals surface area (Å²) in [5, 5.41) is 3.49. The second-order valence-corrected chi connectivity index (χ2v) is 5.54. The summed E-state index contributed by atoms with van der Waals surface area (Å²) < 4.78 is 1.15. The number of aryl methyl sites for hydroxylation is 2. The molecule has 2 aromatic rings. The molecule has 0 amide bonds. The number of anilines is 1. The second-order valence-electron chi connectivity index (χ2n) is 4.68. The van der Waals surface area contributed by atoms with Crippen LogP contribution in [-0.2, 0) is 6.54 Å². The summed E-state index contributed by atoms with van der Waals surface area (Å²) in [6.07, 6.45) is 0. The molecular weight excluding hydrogens is 286 g/mol. The molecular formula is C16H18BrN. The van der Waals surface area contributed by atoms with Gasteiger partial charge in [0.15, 0.2) is 0 Å². The van der Waals surface area contributed by atoms with E-state index in [4.69, 9.17) is 0 Å². The van der Waals surface area contributed by atoms with E-state index in [2.05, 4.69) is 78.4 Å². The minimum Gasteiger partial charge on any atom is -0.381 e. The fraction of sp³-hybridized carbons (Fsp3) is 0.250. The van der Waals surface area contributed by atoms with E-state index in [9.17, 15) is 0 Å². The van der Waals surface area contributed by atoms with E-state index in [1.807, 2.05) is 0 Å². The molecule has 0 saturated carbocycles. The molecule has 0 saturated heterocycles. The molecule has 1 N–H and O–H groups in total. The minimum absolute atomic E-state index is 0.860. The van der Waals surface area contributed by atoms with Crippen LogP contribution in [0.5, 0.6) is 0 Å². The summed E-state index contributed by atoms with van der Waals surface area (Å²) in [5.74, 6) is 0. The number of halogens is 1. The summed E-state index contributed by atoms with van der Waals surface area (Å²) in [6.45, 7) is 7.28. The van der Waals surface area contributed by atoms with Crippen LogP contribution in [0, 0.1) is 20.8 Å². The summed E-state index contributed by atoms with van der Waals surface area (Å²) in [5.41, 5.74) is 6.44. The first-order valence-corrected chi connectivity index (χ1v) is 6.92. The smallest absolute Gasteiger partial charge is 0.0400 e. The van der Waals surface area contributed by atoms with E-state index < -0.39 is 0 Å².